The summed E-state index contributed by atoms with van der Waals surface area (Å²) in [6.07, 6.45) is 0.755. The molecule has 0 aliphatic heterocycles. The minimum atomic E-state index is -4.13. The maximum atomic E-state index is 13.9. The molecule has 3 rings (SSSR count). The maximum Gasteiger partial charge on any atom is 0.264 e. The fraction of sp³-hybridized carbons (Fsp3) is 0.310. The van der Waals surface area contributed by atoms with E-state index in [4.69, 9.17) is 11.6 Å². The van der Waals surface area contributed by atoms with E-state index in [2.05, 4.69) is 5.32 Å². The second-order valence-electron chi connectivity index (χ2n) is 9.22. The Bertz CT molecular complexity index is 1380. The van der Waals surface area contributed by atoms with Crippen molar-refractivity contribution in [3.8, 4) is 0 Å². The molecule has 0 unspecified atom stereocenters. The van der Waals surface area contributed by atoms with Crippen LogP contribution in [0.25, 0.3) is 0 Å². The molecule has 2 amide bonds. The van der Waals surface area contributed by atoms with E-state index >= 15 is 0 Å². The Kier molecular flexibility index (Phi) is 9.94. The van der Waals surface area contributed by atoms with Gasteiger partial charge < -0.3 is 10.2 Å². The van der Waals surface area contributed by atoms with Crippen molar-refractivity contribution in [1.29, 1.82) is 0 Å². The Labute approximate surface area is 230 Å². The van der Waals surface area contributed by atoms with Gasteiger partial charge in [-0.1, -0.05) is 54.9 Å². The number of sulfonamides is 1. The molecule has 0 bridgehead atoms. The fourth-order valence-electron chi connectivity index (χ4n) is 4.00. The number of benzene rings is 3. The lowest BCUT2D eigenvalue weighted by molar-refractivity contribution is -0.139. The molecule has 0 radical (unpaired) electrons. The van der Waals surface area contributed by atoms with E-state index in [1.54, 1.807) is 25.1 Å². The summed E-state index contributed by atoms with van der Waals surface area (Å²) in [6.45, 7) is 7.55. The average molecular weight is 556 g/mol. The normalized spacial score (nSPS) is 12.0. The first kappa shape index (κ1) is 29.2. The Morgan fingerprint density at radius 3 is 2.29 bits per heavy atom. The fourth-order valence-corrected chi connectivity index (χ4v) is 5.53. The van der Waals surface area contributed by atoms with Gasteiger partial charge in [0, 0.05) is 18.1 Å². The average Bonchev–Trinajstić information content (AvgIpc) is 2.89. The summed E-state index contributed by atoms with van der Waals surface area (Å²) in [7, 11) is -4.13. The predicted octanol–water partition coefficient (Wildman–Crippen LogP) is 5.10. The highest BCUT2D eigenvalue weighted by atomic mass is 35.5. The molecule has 0 aliphatic carbocycles. The van der Waals surface area contributed by atoms with Crippen LogP contribution in [0.2, 0.25) is 5.02 Å². The molecule has 0 aliphatic rings. The Morgan fingerprint density at radius 2 is 1.66 bits per heavy atom. The van der Waals surface area contributed by atoms with E-state index in [0.717, 1.165) is 27.4 Å². The molecule has 7 nitrogen and oxygen atoms in total. The molecule has 0 saturated heterocycles. The summed E-state index contributed by atoms with van der Waals surface area (Å²) in [4.78, 5) is 28.3. The van der Waals surface area contributed by atoms with Crippen LogP contribution >= 0.6 is 11.6 Å². The molecule has 38 heavy (non-hydrogen) atoms. The Hall–Kier alpha value is -3.36. The topological polar surface area (TPSA) is 86.8 Å². The number of anilines is 1. The SMILES string of the molecule is CCCNC(=O)[C@@H](C)N(Cc1ccccc1C)C(=O)CN(c1cccc(C)c1)S(=O)(=O)c1ccc(Cl)cc1. The van der Waals surface area contributed by atoms with Crippen LogP contribution in [0.3, 0.4) is 0 Å². The van der Waals surface area contributed by atoms with Crippen LogP contribution in [-0.2, 0) is 26.2 Å². The molecule has 0 saturated carbocycles. The van der Waals surface area contributed by atoms with Gasteiger partial charge in [0.05, 0.1) is 10.6 Å². The molecule has 0 fully saturated rings. The lowest BCUT2D eigenvalue weighted by Gasteiger charge is -2.32. The number of aryl methyl sites for hydroxylation is 2. The van der Waals surface area contributed by atoms with Crippen molar-refractivity contribution >= 4 is 39.1 Å². The third-order valence-electron chi connectivity index (χ3n) is 6.29. The highest BCUT2D eigenvalue weighted by molar-refractivity contribution is 7.92. The van der Waals surface area contributed by atoms with Crippen molar-refractivity contribution in [2.24, 2.45) is 0 Å². The summed E-state index contributed by atoms with van der Waals surface area (Å²) < 4.78 is 28.7. The van der Waals surface area contributed by atoms with E-state index in [-0.39, 0.29) is 17.3 Å². The zero-order valence-electron chi connectivity index (χ0n) is 22.1. The minimum absolute atomic E-state index is 0.00963. The molecule has 1 N–H and O–H groups in total. The molecule has 9 heteroatoms. The van der Waals surface area contributed by atoms with E-state index in [1.807, 2.05) is 51.1 Å². The lowest BCUT2D eigenvalue weighted by Crippen LogP contribution is -2.51. The van der Waals surface area contributed by atoms with Gasteiger partial charge in [0.25, 0.3) is 10.0 Å². The van der Waals surface area contributed by atoms with Gasteiger partial charge in [-0.25, -0.2) is 8.42 Å². The van der Waals surface area contributed by atoms with Crippen LogP contribution in [0.5, 0.6) is 0 Å². The van der Waals surface area contributed by atoms with Crippen molar-refractivity contribution < 1.29 is 18.0 Å². The third-order valence-corrected chi connectivity index (χ3v) is 8.33. The van der Waals surface area contributed by atoms with E-state index in [9.17, 15) is 18.0 Å². The molecular formula is C29H34ClN3O4S. The summed E-state index contributed by atoms with van der Waals surface area (Å²) in [5.74, 6) is -0.789. The summed E-state index contributed by atoms with van der Waals surface area (Å²) in [5, 5.41) is 3.25. The quantitative estimate of drug-likeness (QED) is 0.357. The number of nitrogens with one attached hydrogen (secondary N) is 1. The second kappa shape index (κ2) is 12.9. The molecule has 0 spiro atoms. The first-order chi connectivity index (χ1) is 18.0. The van der Waals surface area contributed by atoms with E-state index in [0.29, 0.717) is 17.3 Å². The first-order valence-electron chi connectivity index (χ1n) is 12.5. The lowest BCUT2D eigenvalue weighted by atomic mass is 10.1. The van der Waals surface area contributed by atoms with Crippen LogP contribution in [0.1, 0.15) is 37.0 Å². The molecule has 202 valence electrons. The number of nitrogens with zero attached hydrogens (tertiary/aromatic N) is 2. The van der Waals surface area contributed by atoms with Gasteiger partial charge in [0.2, 0.25) is 11.8 Å². The van der Waals surface area contributed by atoms with Gasteiger partial charge >= 0.3 is 0 Å². The molecule has 0 aromatic heterocycles. The van der Waals surface area contributed by atoms with Gasteiger partial charge in [-0.15, -0.1) is 0 Å². The smallest absolute Gasteiger partial charge is 0.264 e. The van der Waals surface area contributed by atoms with Crippen molar-refractivity contribution in [3.05, 3.63) is 94.5 Å². The number of hydrogen-bond acceptors (Lipinski definition) is 4. The highest BCUT2D eigenvalue weighted by Crippen LogP contribution is 2.26. The summed E-state index contributed by atoms with van der Waals surface area (Å²) in [5.41, 5.74) is 3.04. The zero-order valence-corrected chi connectivity index (χ0v) is 23.7. The van der Waals surface area contributed by atoms with Crippen molar-refractivity contribution in [2.75, 3.05) is 17.4 Å². The van der Waals surface area contributed by atoms with E-state index < -0.39 is 28.5 Å². The monoisotopic (exact) mass is 555 g/mol. The van der Waals surface area contributed by atoms with Gasteiger partial charge in [0.1, 0.15) is 12.6 Å². The van der Waals surface area contributed by atoms with E-state index in [1.165, 1.54) is 29.2 Å². The molecule has 3 aromatic rings. The molecular weight excluding hydrogens is 522 g/mol. The molecule has 1 atom stereocenters. The number of hydrogen-bond donors (Lipinski definition) is 1. The summed E-state index contributed by atoms with van der Waals surface area (Å²) >= 11 is 5.99. The minimum Gasteiger partial charge on any atom is -0.354 e. The number of halogens is 1. The van der Waals surface area contributed by atoms with Crippen molar-refractivity contribution in [1.82, 2.24) is 10.2 Å². The van der Waals surface area contributed by atoms with Crippen LogP contribution in [0.4, 0.5) is 5.69 Å². The van der Waals surface area contributed by atoms with Crippen LogP contribution in [0, 0.1) is 13.8 Å². The Balaban J connectivity index is 2.03. The number of carbonyl (C=O) groups excluding carboxylic acids is 2. The van der Waals surface area contributed by atoms with Crippen molar-refractivity contribution in [3.63, 3.8) is 0 Å². The Morgan fingerprint density at radius 1 is 0.974 bits per heavy atom. The van der Waals surface area contributed by atoms with Gasteiger partial charge in [-0.3, -0.25) is 13.9 Å². The third kappa shape index (κ3) is 7.14. The number of rotatable bonds is 11. The molecule has 3 aromatic carbocycles. The molecule has 0 heterocycles. The first-order valence-corrected chi connectivity index (χ1v) is 14.3. The predicted molar refractivity (Wildman–Crippen MR) is 152 cm³/mol. The summed E-state index contributed by atoms with van der Waals surface area (Å²) in [6, 6.07) is 19.6. The number of carbonyl (C=O) groups is 2. The number of amides is 2. The van der Waals surface area contributed by atoms with Crippen molar-refractivity contribution in [2.45, 2.75) is 51.6 Å². The standard InChI is InChI=1S/C29H34ClN3O4S/c1-5-17-31-29(35)23(4)32(19-24-11-7-6-10-22(24)3)28(34)20-33(26-12-8-9-21(2)18-26)38(36,37)27-15-13-25(30)14-16-27/h6-16,18,23H,5,17,19-20H2,1-4H3,(H,31,35)/t23-/m1/s1. The largest absolute Gasteiger partial charge is 0.354 e. The highest BCUT2D eigenvalue weighted by Gasteiger charge is 2.32. The van der Waals surface area contributed by atoms with Gasteiger partial charge in [0.15, 0.2) is 0 Å². The zero-order chi connectivity index (χ0) is 27.9. The maximum absolute atomic E-state index is 13.9. The van der Waals surface area contributed by atoms with Crippen LogP contribution in [0.15, 0.2) is 77.7 Å². The van der Waals surface area contributed by atoms with Gasteiger partial charge in [-0.05, 0) is 80.3 Å². The second-order valence-corrected chi connectivity index (χ2v) is 11.5. The van der Waals surface area contributed by atoms with Crippen LogP contribution in [-0.4, -0.2) is 44.3 Å². The van der Waals surface area contributed by atoms with Gasteiger partial charge in [-0.2, -0.15) is 0 Å². The van der Waals surface area contributed by atoms with Crippen LogP contribution < -0.4 is 9.62 Å².